The van der Waals surface area contributed by atoms with Gasteiger partial charge in [-0.15, -0.1) is 0 Å². The van der Waals surface area contributed by atoms with Crippen LogP contribution in [0.25, 0.3) is 0 Å². The molecule has 0 radical (unpaired) electrons. The van der Waals surface area contributed by atoms with Gasteiger partial charge in [0, 0.05) is 23.7 Å². The van der Waals surface area contributed by atoms with Crippen molar-refractivity contribution in [3.05, 3.63) is 29.0 Å². The fourth-order valence-electron chi connectivity index (χ4n) is 3.42. The Kier molecular flexibility index (Phi) is 4.82. The van der Waals surface area contributed by atoms with Crippen molar-refractivity contribution in [1.82, 2.24) is 10.2 Å². The van der Waals surface area contributed by atoms with Crippen LogP contribution in [-0.2, 0) is 9.59 Å². The Balaban J connectivity index is 1.59. The van der Waals surface area contributed by atoms with Gasteiger partial charge < -0.3 is 10.6 Å². The Morgan fingerprint density at radius 3 is 2.83 bits per heavy atom. The molecule has 0 aliphatic carbocycles. The van der Waals surface area contributed by atoms with Gasteiger partial charge in [-0.05, 0) is 44.0 Å². The highest BCUT2D eigenvalue weighted by molar-refractivity contribution is 6.40. The first kappa shape index (κ1) is 16.2. The zero-order chi connectivity index (χ0) is 16.4. The molecule has 2 unspecified atom stereocenters. The van der Waals surface area contributed by atoms with Crippen LogP contribution < -0.4 is 10.6 Å². The molecule has 2 aliphatic rings. The highest BCUT2D eigenvalue weighted by Crippen LogP contribution is 2.27. The number of hydrogen-bond donors (Lipinski definition) is 2. The molecular formula is C16H19ClFN3O2. The Labute approximate surface area is 139 Å². The van der Waals surface area contributed by atoms with E-state index in [0.29, 0.717) is 6.04 Å². The Bertz CT molecular complexity index is 625. The highest BCUT2D eigenvalue weighted by atomic mass is 35.5. The van der Waals surface area contributed by atoms with Gasteiger partial charge in [0.15, 0.2) is 0 Å². The topological polar surface area (TPSA) is 61.4 Å². The SMILES string of the molecule is O=C(Nc1cc(Cl)ccc1F)C(=O)NC1CCN2CCCCC12. The Morgan fingerprint density at radius 1 is 1.17 bits per heavy atom. The lowest BCUT2D eigenvalue weighted by Gasteiger charge is -2.32. The fourth-order valence-corrected chi connectivity index (χ4v) is 3.59. The van der Waals surface area contributed by atoms with Crippen LogP contribution in [0, 0.1) is 5.82 Å². The summed E-state index contributed by atoms with van der Waals surface area (Å²) in [5.41, 5.74) is -0.0941. The molecule has 0 saturated carbocycles. The minimum absolute atomic E-state index is 0.0160. The van der Waals surface area contributed by atoms with Crippen LogP contribution in [0.2, 0.25) is 5.02 Å². The number of nitrogens with one attached hydrogen (secondary N) is 2. The normalized spacial score (nSPS) is 24.1. The number of hydrogen-bond acceptors (Lipinski definition) is 3. The van der Waals surface area contributed by atoms with Crippen molar-refractivity contribution in [2.45, 2.75) is 37.8 Å². The molecule has 1 aromatic rings. The van der Waals surface area contributed by atoms with Gasteiger partial charge in [-0.25, -0.2) is 4.39 Å². The number of amides is 2. The first-order valence-electron chi connectivity index (χ1n) is 7.85. The van der Waals surface area contributed by atoms with Crippen molar-refractivity contribution in [3.63, 3.8) is 0 Å². The fraction of sp³-hybridized carbons (Fsp3) is 0.500. The lowest BCUT2D eigenvalue weighted by molar-refractivity contribution is -0.136. The van der Waals surface area contributed by atoms with Gasteiger partial charge in [0.25, 0.3) is 0 Å². The minimum atomic E-state index is -0.875. The summed E-state index contributed by atoms with van der Waals surface area (Å²) in [5, 5.41) is 5.34. The van der Waals surface area contributed by atoms with Crippen LogP contribution in [0.4, 0.5) is 10.1 Å². The van der Waals surface area contributed by atoms with Crippen LogP contribution in [0.5, 0.6) is 0 Å². The number of halogens is 2. The average molecular weight is 340 g/mol. The maximum Gasteiger partial charge on any atom is 0.313 e. The third-order valence-electron chi connectivity index (χ3n) is 4.56. The maximum absolute atomic E-state index is 13.6. The molecule has 2 fully saturated rings. The van der Waals surface area contributed by atoms with E-state index in [0.717, 1.165) is 38.4 Å². The second kappa shape index (κ2) is 6.84. The van der Waals surface area contributed by atoms with E-state index in [1.165, 1.54) is 18.6 Å². The van der Waals surface area contributed by atoms with Crippen LogP contribution in [0.1, 0.15) is 25.7 Å². The van der Waals surface area contributed by atoms with E-state index >= 15 is 0 Å². The molecule has 124 valence electrons. The van der Waals surface area contributed by atoms with E-state index < -0.39 is 17.6 Å². The van der Waals surface area contributed by atoms with Gasteiger partial charge in [0.05, 0.1) is 5.69 Å². The molecule has 0 aromatic heterocycles. The van der Waals surface area contributed by atoms with E-state index in [2.05, 4.69) is 15.5 Å². The van der Waals surface area contributed by atoms with Crippen LogP contribution in [-0.4, -0.2) is 41.9 Å². The van der Waals surface area contributed by atoms with Crippen molar-refractivity contribution in [2.24, 2.45) is 0 Å². The quantitative estimate of drug-likeness (QED) is 0.812. The molecule has 23 heavy (non-hydrogen) atoms. The zero-order valence-electron chi connectivity index (χ0n) is 12.6. The maximum atomic E-state index is 13.6. The smallest absolute Gasteiger partial charge is 0.313 e. The lowest BCUT2D eigenvalue weighted by atomic mass is 9.99. The number of nitrogens with zero attached hydrogens (tertiary/aromatic N) is 1. The predicted octanol–water partition coefficient (Wildman–Crippen LogP) is 2.16. The summed E-state index contributed by atoms with van der Waals surface area (Å²) in [4.78, 5) is 26.4. The van der Waals surface area contributed by atoms with Crippen molar-refractivity contribution >= 4 is 29.1 Å². The number of anilines is 1. The zero-order valence-corrected chi connectivity index (χ0v) is 13.4. The summed E-state index contributed by atoms with van der Waals surface area (Å²) >= 11 is 5.77. The number of fused-ring (bicyclic) bond motifs is 1. The highest BCUT2D eigenvalue weighted by Gasteiger charge is 2.37. The third kappa shape index (κ3) is 3.64. The molecule has 3 rings (SSSR count). The predicted molar refractivity (Wildman–Crippen MR) is 85.8 cm³/mol. The van der Waals surface area contributed by atoms with E-state index in [1.807, 2.05) is 0 Å². The summed E-state index contributed by atoms with van der Waals surface area (Å²) in [6.45, 7) is 2.00. The molecule has 2 N–H and O–H groups in total. The first-order valence-corrected chi connectivity index (χ1v) is 8.23. The molecule has 1 aromatic carbocycles. The number of carbonyl (C=O) groups is 2. The van der Waals surface area contributed by atoms with Gasteiger partial charge in [0.1, 0.15) is 5.82 Å². The first-order chi connectivity index (χ1) is 11.0. The summed E-state index contributed by atoms with van der Waals surface area (Å²) in [5.74, 6) is -2.24. The summed E-state index contributed by atoms with van der Waals surface area (Å²) < 4.78 is 13.6. The molecule has 2 amide bonds. The lowest BCUT2D eigenvalue weighted by Crippen LogP contribution is -2.49. The number of benzene rings is 1. The monoisotopic (exact) mass is 339 g/mol. The molecule has 0 spiro atoms. The van der Waals surface area contributed by atoms with Gasteiger partial charge in [0.2, 0.25) is 0 Å². The van der Waals surface area contributed by atoms with Gasteiger partial charge in [-0.1, -0.05) is 18.0 Å². The van der Waals surface area contributed by atoms with Crippen molar-refractivity contribution in [2.75, 3.05) is 18.4 Å². The van der Waals surface area contributed by atoms with Gasteiger partial charge in [-0.3, -0.25) is 14.5 Å². The Morgan fingerprint density at radius 2 is 2.00 bits per heavy atom. The molecule has 2 atom stereocenters. The van der Waals surface area contributed by atoms with Gasteiger partial charge >= 0.3 is 11.8 Å². The largest absolute Gasteiger partial charge is 0.343 e. The number of piperidine rings is 1. The molecule has 0 bridgehead atoms. The van der Waals surface area contributed by atoms with E-state index in [4.69, 9.17) is 11.6 Å². The Hall–Kier alpha value is -1.66. The number of carbonyl (C=O) groups excluding carboxylic acids is 2. The summed E-state index contributed by atoms with van der Waals surface area (Å²) in [7, 11) is 0. The average Bonchev–Trinajstić information content (AvgIpc) is 2.94. The van der Waals surface area contributed by atoms with Crippen LogP contribution in [0.15, 0.2) is 18.2 Å². The third-order valence-corrected chi connectivity index (χ3v) is 4.79. The van der Waals surface area contributed by atoms with Crippen molar-refractivity contribution in [1.29, 1.82) is 0 Å². The summed E-state index contributed by atoms with van der Waals surface area (Å²) in [6.07, 6.45) is 4.21. The summed E-state index contributed by atoms with van der Waals surface area (Å²) in [6, 6.07) is 4.09. The molecule has 7 heteroatoms. The van der Waals surface area contributed by atoms with Crippen molar-refractivity contribution < 1.29 is 14.0 Å². The van der Waals surface area contributed by atoms with Crippen LogP contribution in [0.3, 0.4) is 0 Å². The molecule has 2 saturated heterocycles. The molecule has 2 aliphatic heterocycles. The number of rotatable bonds is 2. The second-order valence-electron chi connectivity index (χ2n) is 6.05. The standard InChI is InChI=1S/C16H19ClFN3O2/c17-10-4-5-11(18)13(9-10)20-16(23)15(22)19-12-6-8-21-7-2-1-3-14(12)21/h4-5,9,12,14H,1-3,6-8H2,(H,19,22)(H,20,23). The second-order valence-corrected chi connectivity index (χ2v) is 6.48. The van der Waals surface area contributed by atoms with Gasteiger partial charge in [-0.2, -0.15) is 0 Å². The van der Waals surface area contributed by atoms with E-state index in [-0.39, 0.29) is 16.8 Å². The minimum Gasteiger partial charge on any atom is -0.343 e. The molecule has 5 nitrogen and oxygen atoms in total. The van der Waals surface area contributed by atoms with E-state index in [9.17, 15) is 14.0 Å². The molecular weight excluding hydrogens is 321 g/mol. The molecule has 2 heterocycles. The van der Waals surface area contributed by atoms with Crippen molar-refractivity contribution in [3.8, 4) is 0 Å². The van der Waals surface area contributed by atoms with Crippen LogP contribution >= 0.6 is 11.6 Å². The van der Waals surface area contributed by atoms with E-state index in [1.54, 1.807) is 0 Å².